The third-order valence-electron chi connectivity index (χ3n) is 7.84. The van der Waals surface area contributed by atoms with Crippen molar-refractivity contribution in [2.75, 3.05) is 26.6 Å². The van der Waals surface area contributed by atoms with Crippen molar-refractivity contribution in [3.8, 4) is 0 Å². The minimum Gasteiger partial charge on any atom is -0.480 e. The molecule has 2 fully saturated rings. The van der Waals surface area contributed by atoms with Gasteiger partial charge in [-0.2, -0.15) is 0 Å². The zero-order valence-electron chi connectivity index (χ0n) is 25.4. The molecule has 0 bridgehead atoms. The molecule has 0 aliphatic carbocycles. The van der Waals surface area contributed by atoms with Crippen molar-refractivity contribution < 1.29 is 38.9 Å². The Morgan fingerprint density at radius 3 is 2.48 bits per heavy atom. The number of hydrazine groups is 1. The lowest BCUT2D eigenvalue weighted by molar-refractivity contribution is -0.180. The summed E-state index contributed by atoms with van der Waals surface area (Å²) in [5.74, 6) is -2.64. The molecule has 1 aromatic carbocycles. The number of amides is 3. The van der Waals surface area contributed by atoms with Crippen molar-refractivity contribution in [1.29, 1.82) is 0 Å². The van der Waals surface area contributed by atoms with Gasteiger partial charge in [0.2, 0.25) is 11.8 Å². The number of carbonyl (C=O) groups excluding carboxylic acids is 3. The Hall–Kier alpha value is -3.91. The van der Waals surface area contributed by atoms with Crippen LogP contribution in [0.15, 0.2) is 36.4 Å². The van der Waals surface area contributed by atoms with Gasteiger partial charge in [-0.3, -0.25) is 29.2 Å². The maximum atomic E-state index is 13.2. The first kappa shape index (κ1) is 33.0. The van der Waals surface area contributed by atoms with Crippen molar-refractivity contribution >= 4 is 40.7 Å². The van der Waals surface area contributed by atoms with Crippen LogP contribution in [-0.2, 0) is 28.7 Å². The Balaban J connectivity index is 1.39. The maximum absolute atomic E-state index is 13.2. The molecule has 3 unspecified atom stereocenters. The van der Waals surface area contributed by atoms with E-state index >= 15 is 0 Å². The monoisotopic (exact) mass is 611 g/mol. The summed E-state index contributed by atoms with van der Waals surface area (Å²) in [5.41, 5.74) is 3.77. The first-order valence-electron chi connectivity index (χ1n) is 14.8. The van der Waals surface area contributed by atoms with Gasteiger partial charge < -0.3 is 30.3 Å². The number of aliphatic carboxylic acids is 1. The molecule has 3 heterocycles. The van der Waals surface area contributed by atoms with Gasteiger partial charge in [-0.25, -0.2) is 5.43 Å². The second-order valence-corrected chi connectivity index (χ2v) is 11.8. The van der Waals surface area contributed by atoms with Crippen molar-refractivity contribution in [2.45, 2.75) is 64.8 Å². The van der Waals surface area contributed by atoms with Crippen molar-refractivity contribution in [2.24, 2.45) is 11.3 Å². The van der Waals surface area contributed by atoms with E-state index in [2.05, 4.69) is 16.1 Å². The average molecular weight is 612 g/mol. The predicted molar refractivity (Wildman–Crippen MR) is 160 cm³/mol. The number of nitrogens with one attached hydrogen (secondary N) is 3. The van der Waals surface area contributed by atoms with E-state index in [1.807, 2.05) is 37.3 Å². The highest BCUT2D eigenvalue weighted by Gasteiger charge is 2.39. The summed E-state index contributed by atoms with van der Waals surface area (Å²) >= 11 is 0. The SMILES string of the molecule is CC(NC(=O)C(O)C(C)C)C(=O)N1CCCC(C(=O)N[C@H](C)c2ccc3ccc(/C=C/C4(C(=O)O)COCOC4)cc3n2)N1. The van der Waals surface area contributed by atoms with E-state index in [0.29, 0.717) is 30.6 Å². The van der Waals surface area contributed by atoms with Gasteiger partial charge in [-0.05, 0) is 50.3 Å². The van der Waals surface area contributed by atoms with E-state index in [9.17, 15) is 29.4 Å². The highest BCUT2D eigenvalue weighted by molar-refractivity contribution is 5.90. The van der Waals surface area contributed by atoms with Gasteiger partial charge in [0.25, 0.3) is 5.91 Å². The molecule has 5 N–H and O–H groups in total. The molecule has 1 aromatic heterocycles. The largest absolute Gasteiger partial charge is 0.480 e. The van der Waals surface area contributed by atoms with E-state index in [-0.39, 0.29) is 31.8 Å². The summed E-state index contributed by atoms with van der Waals surface area (Å²) in [5, 5.41) is 27.4. The van der Waals surface area contributed by atoms with Crippen LogP contribution in [0.2, 0.25) is 0 Å². The fourth-order valence-electron chi connectivity index (χ4n) is 5.01. The molecule has 2 aliphatic heterocycles. The Morgan fingerprint density at radius 1 is 1.09 bits per heavy atom. The van der Waals surface area contributed by atoms with Crippen LogP contribution in [0.5, 0.6) is 0 Å². The number of carboxylic acids is 1. The molecule has 44 heavy (non-hydrogen) atoms. The second kappa shape index (κ2) is 14.2. The first-order valence-corrected chi connectivity index (χ1v) is 14.8. The van der Waals surface area contributed by atoms with Crippen molar-refractivity contribution in [1.82, 2.24) is 26.1 Å². The number of aliphatic hydroxyl groups is 1. The highest BCUT2D eigenvalue weighted by atomic mass is 16.7. The Labute approximate surface area is 256 Å². The topological polar surface area (TPSA) is 179 Å². The summed E-state index contributed by atoms with van der Waals surface area (Å²) in [6.45, 7) is 7.25. The van der Waals surface area contributed by atoms with E-state index in [1.54, 1.807) is 26.0 Å². The predicted octanol–water partition coefficient (Wildman–Crippen LogP) is 1.52. The van der Waals surface area contributed by atoms with Gasteiger partial charge in [-0.15, -0.1) is 0 Å². The standard InChI is InChI=1S/C31H41N5O8/c1-18(2)26(37)28(39)33-20(4)29(40)36-13-5-6-24(35-36)27(38)32-19(3)23-10-9-22-8-7-21(14-25(22)34-23)11-12-31(30(41)42)15-43-17-44-16-31/h7-12,14,18-20,24,26,35,37H,5-6,13,15-17H2,1-4H3,(H,32,38)(H,33,39)(H,41,42)/b12-11+/t19-,20?,24?,26?/m1/s1. The molecule has 4 rings (SSSR count). The zero-order chi connectivity index (χ0) is 32.0. The second-order valence-electron chi connectivity index (χ2n) is 11.8. The van der Waals surface area contributed by atoms with E-state index < -0.39 is 47.4 Å². The molecule has 0 saturated carbocycles. The average Bonchev–Trinajstić information content (AvgIpc) is 3.02. The highest BCUT2D eigenvalue weighted by Crippen LogP contribution is 2.27. The molecular formula is C31H41N5O8. The normalized spacial score (nSPS) is 20.7. The minimum atomic E-state index is -1.27. The molecule has 13 nitrogen and oxygen atoms in total. The molecule has 0 spiro atoms. The number of benzene rings is 1. The lowest BCUT2D eigenvalue weighted by Gasteiger charge is -2.35. The van der Waals surface area contributed by atoms with Crippen LogP contribution in [0, 0.1) is 11.3 Å². The number of fused-ring (bicyclic) bond motifs is 1. The molecule has 0 radical (unpaired) electrons. The number of carbonyl (C=O) groups is 4. The lowest BCUT2D eigenvalue weighted by Crippen LogP contribution is -2.61. The number of carboxylic acid groups (broad SMARTS) is 1. The quantitative estimate of drug-likeness (QED) is 0.264. The number of aliphatic hydroxyl groups excluding tert-OH is 1. The lowest BCUT2D eigenvalue weighted by atomic mass is 9.88. The van der Waals surface area contributed by atoms with Gasteiger partial charge >= 0.3 is 5.97 Å². The molecule has 2 saturated heterocycles. The smallest absolute Gasteiger partial charge is 0.318 e. The third-order valence-corrected chi connectivity index (χ3v) is 7.84. The Kier molecular flexibility index (Phi) is 10.7. The summed E-state index contributed by atoms with van der Waals surface area (Å²) in [6, 6.07) is 7.35. The molecule has 238 valence electrons. The van der Waals surface area contributed by atoms with Gasteiger partial charge in [0.15, 0.2) is 0 Å². The van der Waals surface area contributed by atoms with Crippen LogP contribution in [0.3, 0.4) is 0 Å². The summed E-state index contributed by atoms with van der Waals surface area (Å²) in [4.78, 5) is 55.0. The molecule has 3 amide bonds. The van der Waals surface area contributed by atoms with Gasteiger partial charge in [0.05, 0.1) is 30.5 Å². The number of hydrogen-bond acceptors (Lipinski definition) is 9. The number of aromatic nitrogens is 1. The minimum absolute atomic E-state index is 0.0197. The summed E-state index contributed by atoms with van der Waals surface area (Å²) < 4.78 is 10.5. The molecule has 13 heteroatoms. The van der Waals surface area contributed by atoms with Gasteiger partial charge in [0.1, 0.15) is 30.4 Å². The van der Waals surface area contributed by atoms with Crippen LogP contribution < -0.4 is 16.1 Å². The van der Waals surface area contributed by atoms with Crippen LogP contribution in [-0.4, -0.2) is 88.6 Å². The molecule has 2 aliphatic rings. The van der Waals surface area contributed by atoms with E-state index in [4.69, 9.17) is 14.5 Å². The number of hydrogen-bond donors (Lipinski definition) is 5. The first-order chi connectivity index (χ1) is 20.9. The van der Waals surface area contributed by atoms with Crippen LogP contribution >= 0.6 is 0 Å². The Morgan fingerprint density at radius 2 is 1.80 bits per heavy atom. The fraction of sp³-hybridized carbons (Fsp3) is 0.516. The third kappa shape index (κ3) is 7.78. The van der Waals surface area contributed by atoms with E-state index in [0.717, 1.165) is 10.9 Å². The number of pyridine rings is 1. The zero-order valence-corrected chi connectivity index (χ0v) is 25.4. The van der Waals surface area contributed by atoms with Gasteiger partial charge in [0, 0.05) is 11.9 Å². The number of rotatable bonds is 10. The van der Waals surface area contributed by atoms with Crippen molar-refractivity contribution in [3.63, 3.8) is 0 Å². The Bertz CT molecular complexity index is 1410. The number of nitrogens with zero attached hydrogens (tertiary/aromatic N) is 2. The molecule has 2 aromatic rings. The summed E-state index contributed by atoms with van der Waals surface area (Å²) in [7, 11) is 0. The maximum Gasteiger partial charge on any atom is 0.318 e. The summed E-state index contributed by atoms with van der Waals surface area (Å²) in [6.07, 6.45) is 3.18. The molecular weight excluding hydrogens is 570 g/mol. The molecule has 4 atom stereocenters. The van der Waals surface area contributed by atoms with E-state index in [1.165, 1.54) is 11.9 Å². The van der Waals surface area contributed by atoms with Crippen LogP contribution in [0.1, 0.15) is 57.8 Å². The van der Waals surface area contributed by atoms with Gasteiger partial charge in [-0.1, -0.05) is 44.2 Å². The fourth-order valence-corrected chi connectivity index (χ4v) is 5.01. The van der Waals surface area contributed by atoms with Crippen LogP contribution in [0.25, 0.3) is 17.0 Å². The van der Waals surface area contributed by atoms with Crippen LogP contribution in [0.4, 0.5) is 0 Å². The van der Waals surface area contributed by atoms with Crippen molar-refractivity contribution in [3.05, 3.63) is 47.7 Å². The number of ether oxygens (including phenoxy) is 2.